The summed E-state index contributed by atoms with van der Waals surface area (Å²) in [5, 5.41) is 0. The predicted octanol–water partition coefficient (Wildman–Crippen LogP) is 1.61. The van der Waals surface area contributed by atoms with Gasteiger partial charge in [-0.3, -0.25) is 9.78 Å². The van der Waals surface area contributed by atoms with Crippen LogP contribution in [0.25, 0.3) is 11.3 Å². The SMILES string of the molecule is CN(C)S(=O)(=O)CCCN1C[C@@H]2C[C@H](C1)c1cc(-c3ccccn3)cc(=O)n1C2. The third-order valence-corrected chi connectivity index (χ3v) is 7.94. The monoisotopic (exact) mass is 416 g/mol. The zero-order valence-electron chi connectivity index (χ0n) is 17.0. The number of sulfonamides is 1. The Labute approximate surface area is 172 Å². The second-order valence-electron chi connectivity index (χ2n) is 8.34. The molecule has 7 nitrogen and oxygen atoms in total. The summed E-state index contributed by atoms with van der Waals surface area (Å²) < 4.78 is 27.2. The van der Waals surface area contributed by atoms with Crippen LogP contribution in [0.15, 0.2) is 41.3 Å². The molecule has 2 aliphatic rings. The number of piperidine rings is 1. The fourth-order valence-corrected chi connectivity index (χ4v) is 5.43. The Morgan fingerprint density at radius 1 is 1.17 bits per heavy atom. The molecule has 2 bridgehead atoms. The molecule has 29 heavy (non-hydrogen) atoms. The van der Waals surface area contributed by atoms with E-state index in [2.05, 4.69) is 16.0 Å². The van der Waals surface area contributed by atoms with Gasteiger partial charge in [0.1, 0.15) is 0 Å². The topological polar surface area (TPSA) is 75.5 Å². The summed E-state index contributed by atoms with van der Waals surface area (Å²) >= 11 is 0. The Balaban J connectivity index is 1.51. The first-order chi connectivity index (χ1) is 13.8. The van der Waals surface area contributed by atoms with Gasteiger partial charge in [0.25, 0.3) is 5.56 Å². The van der Waals surface area contributed by atoms with Gasteiger partial charge >= 0.3 is 0 Å². The van der Waals surface area contributed by atoms with E-state index in [-0.39, 0.29) is 11.3 Å². The minimum Gasteiger partial charge on any atom is -0.312 e. The lowest BCUT2D eigenvalue weighted by Gasteiger charge is -2.43. The fourth-order valence-electron chi connectivity index (χ4n) is 4.58. The van der Waals surface area contributed by atoms with Crippen molar-refractivity contribution >= 4 is 10.0 Å². The molecule has 2 atom stereocenters. The maximum Gasteiger partial charge on any atom is 0.251 e. The third-order valence-electron chi connectivity index (χ3n) is 6.03. The molecule has 0 spiro atoms. The molecule has 1 saturated heterocycles. The zero-order chi connectivity index (χ0) is 20.6. The molecule has 0 saturated carbocycles. The van der Waals surface area contributed by atoms with E-state index in [0.717, 1.165) is 49.6 Å². The quantitative estimate of drug-likeness (QED) is 0.715. The summed E-state index contributed by atoms with van der Waals surface area (Å²) in [7, 11) is 0.00179. The highest BCUT2D eigenvalue weighted by Crippen LogP contribution is 2.36. The first-order valence-electron chi connectivity index (χ1n) is 10.1. The van der Waals surface area contributed by atoms with Crippen molar-refractivity contribution in [3.05, 3.63) is 52.6 Å². The van der Waals surface area contributed by atoms with Gasteiger partial charge in [-0.15, -0.1) is 0 Å². The van der Waals surface area contributed by atoms with Gasteiger partial charge in [0.15, 0.2) is 0 Å². The summed E-state index contributed by atoms with van der Waals surface area (Å²) in [5.74, 6) is 0.903. The Morgan fingerprint density at radius 2 is 2.00 bits per heavy atom. The van der Waals surface area contributed by atoms with E-state index in [4.69, 9.17) is 0 Å². The molecule has 0 aromatic carbocycles. The van der Waals surface area contributed by atoms with Crippen molar-refractivity contribution in [2.45, 2.75) is 25.3 Å². The lowest BCUT2D eigenvalue weighted by Crippen LogP contribution is -2.47. The van der Waals surface area contributed by atoms with Gasteiger partial charge in [-0.2, -0.15) is 0 Å². The molecule has 2 aromatic heterocycles. The summed E-state index contributed by atoms with van der Waals surface area (Å²) in [6, 6.07) is 9.53. The van der Waals surface area contributed by atoms with Gasteiger partial charge in [-0.25, -0.2) is 12.7 Å². The average Bonchev–Trinajstić information content (AvgIpc) is 2.69. The summed E-state index contributed by atoms with van der Waals surface area (Å²) in [5.41, 5.74) is 2.81. The minimum atomic E-state index is -3.15. The van der Waals surface area contributed by atoms with E-state index in [1.807, 2.05) is 22.8 Å². The number of likely N-dealkylation sites (tertiary alicyclic amines) is 1. The van der Waals surface area contributed by atoms with Crippen molar-refractivity contribution in [2.75, 3.05) is 39.5 Å². The molecular formula is C21H28N4O3S. The van der Waals surface area contributed by atoms with Crippen molar-refractivity contribution in [1.82, 2.24) is 18.8 Å². The van der Waals surface area contributed by atoms with Gasteiger partial charge in [0.05, 0.1) is 11.4 Å². The van der Waals surface area contributed by atoms with Gasteiger partial charge in [0, 0.05) is 63.2 Å². The summed E-state index contributed by atoms with van der Waals surface area (Å²) in [6.07, 6.45) is 3.45. The average molecular weight is 417 g/mol. The smallest absolute Gasteiger partial charge is 0.251 e. The summed E-state index contributed by atoms with van der Waals surface area (Å²) in [6.45, 7) is 3.29. The Hall–Kier alpha value is -2.03. The molecule has 0 amide bonds. The number of rotatable bonds is 6. The highest BCUT2D eigenvalue weighted by molar-refractivity contribution is 7.89. The Kier molecular flexibility index (Phi) is 5.59. The largest absolute Gasteiger partial charge is 0.312 e. The van der Waals surface area contributed by atoms with Gasteiger partial charge in [-0.05, 0) is 43.5 Å². The van der Waals surface area contributed by atoms with E-state index in [0.29, 0.717) is 18.3 Å². The molecule has 0 unspecified atom stereocenters. The molecule has 0 aliphatic carbocycles. The van der Waals surface area contributed by atoms with Crippen LogP contribution in [0.5, 0.6) is 0 Å². The maximum absolute atomic E-state index is 12.8. The van der Waals surface area contributed by atoms with E-state index >= 15 is 0 Å². The molecule has 8 heteroatoms. The zero-order valence-corrected chi connectivity index (χ0v) is 17.8. The van der Waals surface area contributed by atoms with Crippen molar-refractivity contribution in [2.24, 2.45) is 5.92 Å². The third kappa shape index (κ3) is 4.29. The van der Waals surface area contributed by atoms with Crippen molar-refractivity contribution < 1.29 is 8.42 Å². The van der Waals surface area contributed by atoms with Crippen LogP contribution in [0.1, 0.15) is 24.5 Å². The number of hydrogen-bond acceptors (Lipinski definition) is 5. The van der Waals surface area contributed by atoms with E-state index in [1.165, 1.54) is 4.31 Å². The maximum atomic E-state index is 12.8. The van der Waals surface area contributed by atoms with Crippen molar-refractivity contribution in [3.63, 3.8) is 0 Å². The normalized spacial score (nSPS) is 21.9. The molecule has 2 aliphatic heterocycles. The molecule has 4 rings (SSSR count). The van der Waals surface area contributed by atoms with Crippen LogP contribution < -0.4 is 5.56 Å². The van der Waals surface area contributed by atoms with Gasteiger partial charge in [0.2, 0.25) is 10.0 Å². The first kappa shape index (κ1) is 20.3. The predicted molar refractivity (Wildman–Crippen MR) is 113 cm³/mol. The number of fused-ring (bicyclic) bond motifs is 4. The number of pyridine rings is 2. The molecular weight excluding hydrogens is 388 g/mol. The van der Waals surface area contributed by atoms with Crippen LogP contribution in [0.4, 0.5) is 0 Å². The second-order valence-corrected chi connectivity index (χ2v) is 10.6. The van der Waals surface area contributed by atoms with Crippen LogP contribution in [-0.2, 0) is 16.6 Å². The van der Waals surface area contributed by atoms with Crippen molar-refractivity contribution in [3.8, 4) is 11.3 Å². The summed E-state index contributed by atoms with van der Waals surface area (Å²) in [4.78, 5) is 19.5. The van der Waals surface area contributed by atoms with Gasteiger partial charge < -0.3 is 9.47 Å². The van der Waals surface area contributed by atoms with Crippen LogP contribution in [0.2, 0.25) is 0 Å². The lowest BCUT2D eigenvalue weighted by atomic mass is 9.82. The van der Waals surface area contributed by atoms with E-state index < -0.39 is 10.0 Å². The van der Waals surface area contributed by atoms with E-state index in [9.17, 15) is 13.2 Å². The number of aromatic nitrogens is 2. The van der Waals surface area contributed by atoms with E-state index in [1.54, 1.807) is 26.4 Å². The standard InChI is InChI=1S/C21H28N4O3S/c1-23(2)29(27,28)9-5-8-24-13-16-10-18(15-24)20-11-17(12-21(26)25(20)14-16)19-6-3-4-7-22-19/h3-4,6-7,11-12,16,18H,5,8-10,13-15H2,1-2H3/t16-,18+/m0/s1. The minimum absolute atomic E-state index is 0.0448. The fraction of sp³-hybridized carbons (Fsp3) is 0.524. The molecule has 2 aromatic rings. The second kappa shape index (κ2) is 8.01. The molecule has 4 heterocycles. The Morgan fingerprint density at radius 3 is 2.72 bits per heavy atom. The number of hydrogen-bond donors (Lipinski definition) is 0. The van der Waals surface area contributed by atoms with Crippen LogP contribution in [-0.4, -0.2) is 66.7 Å². The first-order valence-corrected chi connectivity index (χ1v) is 11.7. The highest BCUT2D eigenvalue weighted by atomic mass is 32.2. The van der Waals surface area contributed by atoms with Crippen molar-refractivity contribution in [1.29, 1.82) is 0 Å². The highest BCUT2D eigenvalue weighted by Gasteiger charge is 2.34. The Bertz CT molecular complexity index is 1030. The molecule has 0 N–H and O–H groups in total. The lowest BCUT2D eigenvalue weighted by molar-refractivity contribution is 0.120. The van der Waals surface area contributed by atoms with Crippen LogP contribution in [0, 0.1) is 5.92 Å². The van der Waals surface area contributed by atoms with Crippen LogP contribution in [0.3, 0.4) is 0 Å². The van der Waals surface area contributed by atoms with Gasteiger partial charge in [-0.1, -0.05) is 6.07 Å². The molecule has 1 fully saturated rings. The molecule has 156 valence electrons. The van der Waals surface area contributed by atoms with Crippen LogP contribution >= 0.6 is 0 Å². The number of nitrogens with zero attached hydrogens (tertiary/aromatic N) is 4. The molecule has 0 radical (unpaired) electrons.